The summed E-state index contributed by atoms with van der Waals surface area (Å²) >= 11 is 0. The molecule has 0 heterocycles. The molecule has 0 bridgehead atoms. The summed E-state index contributed by atoms with van der Waals surface area (Å²) in [5.41, 5.74) is 0. The normalized spacial score (nSPS) is 14.8. The Kier molecular flexibility index (Phi) is 13.5. The quantitative estimate of drug-likeness (QED) is 0.276. The molecule has 6 nitrogen and oxygen atoms in total. The third-order valence-corrected chi connectivity index (χ3v) is 3.79. The summed E-state index contributed by atoms with van der Waals surface area (Å²) in [6.07, 6.45) is 3.85. The molecule has 0 amide bonds. The average molecular weight is 346 g/mol. The van der Waals surface area contributed by atoms with Crippen LogP contribution in [0.25, 0.3) is 0 Å². The van der Waals surface area contributed by atoms with Gasteiger partial charge in [-0.1, -0.05) is 26.7 Å². The van der Waals surface area contributed by atoms with E-state index in [0.717, 1.165) is 25.7 Å². The Hall–Kier alpha value is -1.14. The molecular formula is C18H34O6. The minimum absolute atomic E-state index is 0.0357. The molecular weight excluding hydrogens is 312 g/mol. The zero-order valence-electron chi connectivity index (χ0n) is 15.6. The molecule has 0 radical (unpaired) electrons. The van der Waals surface area contributed by atoms with Gasteiger partial charge in [0.15, 0.2) is 6.29 Å². The molecule has 0 aliphatic heterocycles. The molecule has 142 valence electrons. The van der Waals surface area contributed by atoms with Gasteiger partial charge in [-0.15, -0.1) is 0 Å². The summed E-state index contributed by atoms with van der Waals surface area (Å²) < 4.78 is 16.5. The van der Waals surface area contributed by atoms with Crippen LogP contribution in [0.3, 0.4) is 0 Å². The van der Waals surface area contributed by atoms with Crippen LogP contribution >= 0.6 is 0 Å². The van der Waals surface area contributed by atoms with Gasteiger partial charge in [-0.3, -0.25) is 9.59 Å². The van der Waals surface area contributed by atoms with Crippen LogP contribution in [0.5, 0.6) is 0 Å². The summed E-state index contributed by atoms with van der Waals surface area (Å²) in [5, 5.41) is 8.78. The molecule has 0 saturated carbocycles. The van der Waals surface area contributed by atoms with E-state index in [9.17, 15) is 9.59 Å². The Morgan fingerprint density at radius 1 is 0.958 bits per heavy atom. The monoisotopic (exact) mass is 346 g/mol. The van der Waals surface area contributed by atoms with Crippen molar-refractivity contribution in [3.05, 3.63) is 0 Å². The third kappa shape index (κ3) is 11.4. The molecule has 0 aliphatic rings. The highest BCUT2D eigenvalue weighted by Gasteiger charge is 2.28. The summed E-state index contributed by atoms with van der Waals surface area (Å²) in [6, 6.07) is 0. The van der Waals surface area contributed by atoms with E-state index in [1.165, 1.54) is 0 Å². The lowest BCUT2D eigenvalue weighted by Gasteiger charge is -2.24. The van der Waals surface area contributed by atoms with Crippen LogP contribution in [0.15, 0.2) is 0 Å². The molecule has 0 aromatic heterocycles. The fourth-order valence-corrected chi connectivity index (χ4v) is 2.23. The van der Waals surface area contributed by atoms with Gasteiger partial charge in [0.1, 0.15) is 0 Å². The standard InChI is InChI=1S/C18H34O6/c1-5-7-12-22-14(3)16(10-9-11-17(19)20)18(21)24-15(4)23-13-8-6-2/h14-16H,5-13H2,1-4H3,(H,19,20). The van der Waals surface area contributed by atoms with Crippen molar-refractivity contribution < 1.29 is 28.9 Å². The van der Waals surface area contributed by atoms with E-state index < -0.39 is 18.2 Å². The molecule has 3 unspecified atom stereocenters. The van der Waals surface area contributed by atoms with Gasteiger partial charge in [0, 0.05) is 13.0 Å². The molecule has 0 rings (SSSR count). The van der Waals surface area contributed by atoms with Gasteiger partial charge in [0.05, 0.1) is 18.6 Å². The number of aliphatic carboxylic acids is 1. The average Bonchev–Trinajstić information content (AvgIpc) is 2.51. The zero-order valence-corrected chi connectivity index (χ0v) is 15.6. The fourth-order valence-electron chi connectivity index (χ4n) is 2.23. The van der Waals surface area contributed by atoms with Crippen LogP contribution in [0.4, 0.5) is 0 Å². The number of carbonyl (C=O) groups is 2. The zero-order chi connectivity index (χ0) is 18.4. The van der Waals surface area contributed by atoms with Gasteiger partial charge >= 0.3 is 11.9 Å². The molecule has 0 spiro atoms. The third-order valence-electron chi connectivity index (χ3n) is 3.79. The SMILES string of the molecule is CCCCOC(C)OC(=O)C(CCCC(=O)O)C(C)OCCCC. The Morgan fingerprint density at radius 3 is 2.08 bits per heavy atom. The van der Waals surface area contributed by atoms with Gasteiger partial charge in [0.2, 0.25) is 0 Å². The maximum atomic E-state index is 12.4. The second-order valence-electron chi connectivity index (χ2n) is 6.05. The molecule has 0 aromatic carbocycles. The topological polar surface area (TPSA) is 82.1 Å². The molecule has 24 heavy (non-hydrogen) atoms. The molecule has 3 atom stereocenters. The predicted molar refractivity (Wildman–Crippen MR) is 91.7 cm³/mol. The summed E-state index contributed by atoms with van der Waals surface area (Å²) in [5.74, 6) is -1.72. The number of ether oxygens (including phenoxy) is 3. The lowest BCUT2D eigenvalue weighted by atomic mass is 9.96. The number of carboxylic acids is 1. The smallest absolute Gasteiger partial charge is 0.313 e. The summed E-state index contributed by atoms with van der Waals surface area (Å²) in [6.45, 7) is 8.81. The van der Waals surface area contributed by atoms with Crippen molar-refractivity contribution >= 4 is 11.9 Å². The Balaban J connectivity index is 4.51. The molecule has 0 fully saturated rings. The first kappa shape index (κ1) is 22.9. The van der Waals surface area contributed by atoms with Crippen molar-refractivity contribution in [1.29, 1.82) is 0 Å². The van der Waals surface area contributed by atoms with E-state index in [-0.39, 0.29) is 18.5 Å². The number of esters is 1. The van der Waals surface area contributed by atoms with Crippen molar-refractivity contribution in [2.75, 3.05) is 13.2 Å². The second kappa shape index (κ2) is 14.2. The minimum Gasteiger partial charge on any atom is -0.481 e. The molecule has 1 N–H and O–H groups in total. The maximum Gasteiger partial charge on any atom is 0.313 e. The Morgan fingerprint density at radius 2 is 1.54 bits per heavy atom. The van der Waals surface area contributed by atoms with Crippen molar-refractivity contribution in [3.63, 3.8) is 0 Å². The van der Waals surface area contributed by atoms with E-state index in [0.29, 0.717) is 26.1 Å². The van der Waals surface area contributed by atoms with Gasteiger partial charge < -0.3 is 19.3 Å². The van der Waals surface area contributed by atoms with E-state index >= 15 is 0 Å². The van der Waals surface area contributed by atoms with Crippen LogP contribution in [-0.4, -0.2) is 42.7 Å². The van der Waals surface area contributed by atoms with Crippen molar-refractivity contribution in [2.24, 2.45) is 5.92 Å². The van der Waals surface area contributed by atoms with Gasteiger partial charge in [0.25, 0.3) is 0 Å². The van der Waals surface area contributed by atoms with Gasteiger partial charge in [-0.25, -0.2) is 0 Å². The summed E-state index contributed by atoms with van der Waals surface area (Å²) in [4.78, 5) is 23.1. The maximum absolute atomic E-state index is 12.4. The van der Waals surface area contributed by atoms with E-state index in [4.69, 9.17) is 19.3 Å². The number of hydrogen-bond acceptors (Lipinski definition) is 5. The van der Waals surface area contributed by atoms with Gasteiger partial charge in [-0.2, -0.15) is 0 Å². The first-order chi connectivity index (χ1) is 11.4. The summed E-state index contributed by atoms with van der Waals surface area (Å²) in [7, 11) is 0. The van der Waals surface area contributed by atoms with Crippen molar-refractivity contribution in [3.8, 4) is 0 Å². The number of carboxylic acid groups (broad SMARTS) is 1. The lowest BCUT2D eigenvalue weighted by molar-refractivity contribution is -0.184. The van der Waals surface area contributed by atoms with Gasteiger partial charge in [-0.05, 0) is 39.5 Å². The predicted octanol–water partition coefficient (Wildman–Crippen LogP) is 3.77. The highest BCUT2D eigenvalue weighted by Crippen LogP contribution is 2.19. The van der Waals surface area contributed by atoms with E-state index in [1.807, 2.05) is 6.92 Å². The second-order valence-corrected chi connectivity index (χ2v) is 6.05. The first-order valence-electron chi connectivity index (χ1n) is 9.07. The fraction of sp³-hybridized carbons (Fsp3) is 0.889. The van der Waals surface area contributed by atoms with Crippen molar-refractivity contribution in [2.45, 2.75) is 85.0 Å². The number of hydrogen-bond donors (Lipinski definition) is 1. The Bertz CT molecular complexity index is 344. The van der Waals surface area contributed by atoms with Crippen LogP contribution in [0.2, 0.25) is 0 Å². The first-order valence-corrected chi connectivity index (χ1v) is 9.07. The van der Waals surface area contributed by atoms with E-state index in [2.05, 4.69) is 13.8 Å². The number of rotatable bonds is 15. The van der Waals surface area contributed by atoms with Crippen LogP contribution in [-0.2, 0) is 23.8 Å². The van der Waals surface area contributed by atoms with Crippen LogP contribution < -0.4 is 0 Å². The van der Waals surface area contributed by atoms with E-state index in [1.54, 1.807) is 6.92 Å². The highest BCUT2D eigenvalue weighted by atomic mass is 16.7. The number of carbonyl (C=O) groups excluding carboxylic acids is 1. The van der Waals surface area contributed by atoms with Crippen LogP contribution in [0.1, 0.15) is 72.6 Å². The number of unbranched alkanes of at least 4 members (excludes halogenated alkanes) is 2. The Labute approximate surface area is 145 Å². The lowest BCUT2D eigenvalue weighted by Crippen LogP contribution is -2.33. The van der Waals surface area contributed by atoms with Crippen LogP contribution in [0, 0.1) is 5.92 Å². The largest absolute Gasteiger partial charge is 0.481 e. The molecule has 0 aliphatic carbocycles. The molecule has 6 heteroatoms. The van der Waals surface area contributed by atoms with Crippen molar-refractivity contribution in [1.82, 2.24) is 0 Å². The highest BCUT2D eigenvalue weighted by molar-refractivity contribution is 5.73. The minimum atomic E-state index is -0.863. The molecule has 0 aromatic rings. The molecule has 0 saturated heterocycles.